The summed E-state index contributed by atoms with van der Waals surface area (Å²) >= 11 is 5.67. The number of hydrogen-bond donors (Lipinski definition) is 2. The highest BCUT2D eigenvalue weighted by molar-refractivity contribution is 6.31. The smallest absolute Gasteiger partial charge is 0.375 e. The zero-order valence-electron chi connectivity index (χ0n) is 6.82. The van der Waals surface area contributed by atoms with Crippen molar-refractivity contribution < 1.29 is 19.4 Å². The Labute approximate surface area is 83.3 Å². The lowest BCUT2D eigenvalue weighted by Crippen LogP contribution is -1.92. The molecule has 0 bridgehead atoms. The summed E-state index contributed by atoms with van der Waals surface area (Å²) in [6.45, 7) is 0. The van der Waals surface area contributed by atoms with Crippen LogP contribution >= 0.6 is 11.6 Å². The first-order valence-corrected chi connectivity index (χ1v) is 4.11. The molecule has 1 aromatic heterocycles. The number of fused-ring (bicyclic) bond motifs is 1. The number of benzene rings is 1. The highest BCUT2D eigenvalue weighted by Gasteiger charge is 2.18. The van der Waals surface area contributed by atoms with E-state index in [1.54, 1.807) is 6.07 Å². The third-order valence-corrected chi connectivity index (χ3v) is 2.06. The normalized spacial score (nSPS) is 10.6. The molecule has 0 aliphatic carbocycles. The van der Waals surface area contributed by atoms with Crippen LogP contribution in [-0.2, 0) is 0 Å². The van der Waals surface area contributed by atoms with Gasteiger partial charge in [-0.1, -0.05) is 11.6 Å². The van der Waals surface area contributed by atoms with Crippen molar-refractivity contribution >= 4 is 28.5 Å². The molecule has 2 aromatic rings. The number of carbonyl (C=O) groups is 1. The minimum atomic E-state index is -1.31. The van der Waals surface area contributed by atoms with E-state index in [1.165, 1.54) is 12.1 Å². The van der Waals surface area contributed by atoms with Crippen molar-refractivity contribution in [1.82, 2.24) is 0 Å². The van der Waals surface area contributed by atoms with Gasteiger partial charge < -0.3 is 14.6 Å². The van der Waals surface area contributed by atoms with E-state index >= 15 is 0 Å². The first kappa shape index (κ1) is 8.90. The first-order valence-electron chi connectivity index (χ1n) is 3.74. The van der Waals surface area contributed by atoms with Crippen molar-refractivity contribution in [3.05, 3.63) is 29.0 Å². The summed E-state index contributed by atoms with van der Waals surface area (Å²) in [7, 11) is 0. The zero-order chi connectivity index (χ0) is 10.3. The summed E-state index contributed by atoms with van der Waals surface area (Å²) in [5.41, 5.74) is 0.257. The predicted molar refractivity (Wildman–Crippen MR) is 49.8 cm³/mol. The maximum atomic E-state index is 10.6. The molecular weight excluding hydrogens is 208 g/mol. The van der Waals surface area contributed by atoms with Gasteiger partial charge in [-0.2, -0.15) is 0 Å². The molecule has 14 heavy (non-hydrogen) atoms. The van der Waals surface area contributed by atoms with Crippen molar-refractivity contribution in [1.29, 1.82) is 0 Å². The molecule has 2 N–H and O–H groups in total. The van der Waals surface area contributed by atoms with E-state index in [1.807, 2.05) is 0 Å². The second-order valence-corrected chi connectivity index (χ2v) is 3.16. The molecule has 0 amide bonds. The van der Waals surface area contributed by atoms with Gasteiger partial charge in [0.25, 0.3) is 5.76 Å². The van der Waals surface area contributed by atoms with Crippen LogP contribution in [0.15, 0.2) is 22.6 Å². The standard InChI is InChI=1S/C9H5ClO4/c10-4-1-2-5-6(3-4)14-8(7(5)11)9(12)13/h1-3,11H,(H,12,13). The predicted octanol–water partition coefficient (Wildman–Crippen LogP) is 2.49. The maximum absolute atomic E-state index is 10.6. The summed E-state index contributed by atoms with van der Waals surface area (Å²) in [6, 6.07) is 4.50. The van der Waals surface area contributed by atoms with E-state index in [4.69, 9.17) is 21.1 Å². The molecule has 0 aliphatic heterocycles. The Balaban J connectivity index is 2.79. The highest BCUT2D eigenvalue weighted by atomic mass is 35.5. The van der Waals surface area contributed by atoms with Gasteiger partial charge in [0, 0.05) is 11.1 Å². The molecule has 0 atom stereocenters. The molecule has 0 aliphatic rings. The van der Waals surface area contributed by atoms with E-state index in [9.17, 15) is 9.90 Å². The number of aromatic hydroxyl groups is 1. The van der Waals surface area contributed by atoms with E-state index in [-0.39, 0.29) is 11.3 Å². The molecule has 5 heteroatoms. The van der Waals surface area contributed by atoms with Gasteiger partial charge in [-0.3, -0.25) is 0 Å². The fourth-order valence-electron chi connectivity index (χ4n) is 1.20. The van der Waals surface area contributed by atoms with Crippen LogP contribution in [0.2, 0.25) is 5.02 Å². The molecule has 0 spiro atoms. The Morgan fingerprint density at radius 2 is 2.14 bits per heavy atom. The average Bonchev–Trinajstić information content (AvgIpc) is 2.43. The molecule has 2 rings (SSSR count). The first-order chi connectivity index (χ1) is 6.59. The molecule has 0 radical (unpaired) electrons. The quantitative estimate of drug-likeness (QED) is 0.762. The number of aromatic carboxylic acids is 1. The van der Waals surface area contributed by atoms with Crippen molar-refractivity contribution in [3.8, 4) is 5.75 Å². The fourth-order valence-corrected chi connectivity index (χ4v) is 1.36. The van der Waals surface area contributed by atoms with Crippen molar-refractivity contribution in [3.63, 3.8) is 0 Å². The van der Waals surface area contributed by atoms with Gasteiger partial charge in [0.05, 0.1) is 5.39 Å². The summed E-state index contributed by atoms with van der Waals surface area (Å²) in [6.07, 6.45) is 0. The van der Waals surface area contributed by atoms with Gasteiger partial charge in [-0.25, -0.2) is 4.79 Å². The average molecular weight is 213 g/mol. The van der Waals surface area contributed by atoms with Crippen LogP contribution in [0, 0.1) is 0 Å². The monoisotopic (exact) mass is 212 g/mol. The Hall–Kier alpha value is -1.68. The molecule has 1 heterocycles. The number of carboxylic acids is 1. The van der Waals surface area contributed by atoms with Crippen LogP contribution in [0.25, 0.3) is 11.0 Å². The Kier molecular flexibility index (Phi) is 1.86. The van der Waals surface area contributed by atoms with Gasteiger partial charge in [0.1, 0.15) is 5.58 Å². The van der Waals surface area contributed by atoms with Crippen LogP contribution in [0.3, 0.4) is 0 Å². The van der Waals surface area contributed by atoms with Crippen LogP contribution in [-0.4, -0.2) is 16.2 Å². The number of carboxylic acid groups (broad SMARTS) is 1. The molecule has 72 valence electrons. The van der Waals surface area contributed by atoms with Gasteiger partial charge in [0.2, 0.25) is 0 Å². The second kappa shape index (κ2) is 2.92. The third-order valence-electron chi connectivity index (χ3n) is 1.82. The summed E-state index contributed by atoms with van der Waals surface area (Å²) in [5.74, 6) is -2.15. The van der Waals surface area contributed by atoms with Gasteiger partial charge >= 0.3 is 5.97 Å². The minimum Gasteiger partial charge on any atom is -0.504 e. The Morgan fingerprint density at radius 3 is 2.79 bits per heavy atom. The molecule has 1 aromatic carbocycles. The van der Waals surface area contributed by atoms with Gasteiger partial charge in [-0.15, -0.1) is 0 Å². The van der Waals surface area contributed by atoms with Crippen molar-refractivity contribution in [2.24, 2.45) is 0 Å². The summed E-state index contributed by atoms with van der Waals surface area (Å²) < 4.78 is 4.91. The summed E-state index contributed by atoms with van der Waals surface area (Å²) in [5, 5.41) is 18.8. The maximum Gasteiger partial charge on any atom is 0.375 e. The highest BCUT2D eigenvalue weighted by Crippen LogP contribution is 2.33. The molecule has 0 fully saturated rings. The molecule has 4 nitrogen and oxygen atoms in total. The SMILES string of the molecule is O=C(O)c1oc2cc(Cl)ccc2c1O. The molecule has 0 saturated heterocycles. The lowest BCUT2D eigenvalue weighted by Gasteiger charge is -1.88. The number of rotatable bonds is 1. The molecule has 0 unspecified atom stereocenters. The minimum absolute atomic E-state index is 0.257. The zero-order valence-corrected chi connectivity index (χ0v) is 7.58. The topological polar surface area (TPSA) is 70.7 Å². The lowest BCUT2D eigenvalue weighted by atomic mass is 10.2. The van der Waals surface area contributed by atoms with E-state index in [0.29, 0.717) is 10.4 Å². The van der Waals surface area contributed by atoms with Gasteiger partial charge in [0.15, 0.2) is 5.75 Å². The van der Waals surface area contributed by atoms with Gasteiger partial charge in [-0.05, 0) is 12.1 Å². The molecule has 0 saturated carbocycles. The van der Waals surface area contributed by atoms with Crippen molar-refractivity contribution in [2.45, 2.75) is 0 Å². The number of hydrogen-bond acceptors (Lipinski definition) is 3. The fraction of sp³-hybridized carbons (Fsp3) is 0. The third kappa shape index (κ3) is 1.20. The second-order valence-electron chi connectivity index (χ2n) is 2.73. The Bertz CT molecular complexity index is 515. The number of halogens is 1. The number of furan rings is 1. The van der Waals surface area contributed by atoms with E-state index in [0.717, 1.165) is 0 Å². The lowest BCUT2D eigenvalue weighted by molar-refractivity contribution is 0.0660. The Morgan fingerprint density at radius 1 is 1.43 bits per heavy atom. The van der Waals surface area contributed by atoms with Crippen LogP contribution < -0.4 is 0 Å². The van der Waals surface area contributed by atoms with E-state index < -0.39 is 11.7 Å². The van der Waals surface area contributed by atoms with Crippen molar-refractivity contribution in [2.75, 3.05) is 0 Å². The molecular formula is C9H5ClO4. The van der Waals surface area contributed by atoms with Crippen LogP contribution in [0.4, 0.5) is 0 Å². The largest absolute Gasteiger partial charge is 0.504 e. The van der Waals surface area contributed by atoms with Crippen LogP contribution in [0.5, 0.6) is 5.75 Å². The van der Waals surface area contributed by atoms with Crippen LogP contribution in [0.1, 0.15) is 10.6 Å². The summed E-state index contributed by atoms with van der Waals surface area (Å²) in [4.78, 5) is 10.6. The van der Waals surface area contributed by atoms with E-state index in [2.05, 4.69) is 0 Å².